The van der Waals surface area contributed by atoms with E-state index in [9.17, 15) is 18.0 Å². The molecule has 1 aliphatic heterocycles. The first-order chi connectivity index (χ1) is 15.8. The Morgan fingerprint density at radius 1 is 1.42 bits per heavy atom. The highest BCUT2D eigenvalue weighted by atomic mass is 19.4. The molecule has 1 aromatic rings. The number of hydrogen-bond donors (Lipinski definition) is 2. The number of nitrogens with one attached hydrogen (secondary N) is 2. The Balaban J connectivity index is 1.86. The zero-order valence-corrected chi connectivity index (χ0v) is 19.2. The second kappa shape index (κ2) is 11.3. The molecule has 2 N–H and O–H groups in total. The van der Waals surface area contributed by atoms with Gasteiger partial charge in [0.15, 0.2) is 0 Å². The third-order valence-electron chi connectivity index (χ3n) is 5.89. The minimum atomic E-state index is -4.54. The molecule has 3 rings (SSSR count). The summed E-state index contributed by atoms with van der Waals surface area (Å²) < 4.78 is 53.2. The van der Waals surface area contributed by atoms with Crippen LogP contribution in [-0.2, 0) is 27.0 Å². The zero-order chi connectivity index (χ0) is 24.0. The summed E-state index contributed by atoms with van der Waals surface area (Å²) in [5.74, 6) is -0.0951. The predicted molar refractivity (Wildman–Crippen MR) is 119 cm³/mol. The lowest BCUT2D eigenvalue weighted by Crippen LogP contribution is -2.50. The van der Waals surface area contributed by atoms with Gasteiger partial charge in [0.25, 0.3) is 5.91 Å². The number of nitrogens with zero attached hydrogens (tertiary/aromatic N) is 2. The molecular formula is C23H33F3N4O3. The first-order valence-corrected chi connectivity index (χ1v) is 11.4. The van der Waals surface area contributed by atoms with Crippen LogP contribution in [0.15, 0.2) is 12.1 Å². The van der Waals surface area contributed by atoms with Crippen LogP contribution in [0.1, 0.15) is 49.6 Å². The highest BCUT2D eigenvalue weighted by molar-refractivity contribution is 6.01. The summed E-state index contributed by atoms with van der Waals surface area (Å²) in [6, 6.07) is 1.20. The van der Waals surface area contributed by atoms with Crippen molar-refractivity contribution in [3.8, 4) is 0 Å². The van der Waals surface area contributed by atoms with Crippen molar-refractivity contribution in [2.24, 2.45) is 0 Å². The molecule has 0 aromatic carbocycles. The molecule has 1 unspecified atom stereocenters. The van der Waals surface area contributed by atoms with Gasteiger partial charge in [0.05, 0.1) is 12.3 Å². The summed E-state index contributed by atoms with van der Waals surface area (Å²) in [4.78, 5) is 14.7. The quantitative estimate of drug-likeness (QED) is 0.384. The molecule has 0 spiro atoms. The molecule has 1 saturated heterocycles. The molecule has 1 aromatic heterocycles. The van der Waals surface area contributed by atoms with Crippen LogP contribution >= 0.6 is 0 Å². The summed E-state index contributed by atoms with van der Waals surface area (Å²) >= 11 is 0. The van der Waals surface area contributed by atoms with Crippen LogP contribution in [-0.4, -0.2) is 73.2 Å². The van der Waals surface area contributed by atoms with Crippen molar-refractivity contribution in [1.29, 1.82) is 5.41 Å². The molecule has 2 heterocycles. The number of carbonyl (C=O) groups excluding carboxylic acids is 1. The summed E-state index contributed by atoms with van der Waals surface area (Å²) in [5.41, 5.74) is -0.0302. The fourth-order valence-electron chi connectivity index (χ4n) is 4.01. The minimum Gasteiger partial charge on any atom is -0.385 e. The standard InChI is InChI=1S/C23H33F3N4O3/c1-3-18(27)17-14-21(23(24,25)26)30(11-5-12-32-2)19(17)6-4-10-29(16-7-8-16)22(31)20-15-28-9-13-33-20/h4,6,14,16,20,27-28H,3,5,7-13,15H2,1-2H3/b6-4+,27-18?. The lowest BCUT2D eigenvalue weighted by Gasteiger charge is -2.29. The molecule has 1 amide bonds. The van der Waals surface area contributed by atoms with Crippen molar-refractivity contribution in [3.05, 3.63) is 29.1 Å². The maximum absolute atomic E-state index is 13.8. The Labute approximate surface area is 192 Å². The highest BCUT2D eigenvalue weighted by Gasteiger charge is 2.38. The highest BCUT2D eigenvalue weighted by Crippen LogP contribution is 2.34. The number of rotatable bonds is 11. The Kier molecular flexibility index (Phi) is 8.72. The molecule has 10 heteroatoms. The predicted octanol–water partition coefficient (Wildman–Crippen LogP) is 3.31. The molecule has 2 fully saturated rings. The SMILES string of the molecule is CCC(=N)c1cc(C(F)(F)F)n(CCCOC)c1/C=C/CN(C(=O)C1CNCCO1)C1CC1. The Hall–Kier alpha value is -2.17. The molecule has 2 aliphatic rings. The molecular weight excluding hydrogens is 437 g/mol. The van der Waals surface area contributed by atoms with Crippen molar-refractivity contribution in [3.63, 3.8) is 0 Å². The Bertz CT molecular complexity index is 856. The van der Waals surface area contributed by atoms with E-state index in [1.165, 1.54) is 11.7 Å². The van der Waals surface area contributed by atoms with Crippen molar-refractivity contribution in [2.75, 3.05) is 40.0 Å². The van der Waals surface area contributed by atoms with Gasteiger partial charge in [-0.15, -0.1) is 0 Å². The number of morpholine rings is 1. The molecule has 184 valence electrons. The fraction of sp³-hybridized carbons (Fsp3) is 0.652. The van der Waals surface area contributed by atoms with E-state index < -0.39 is 18.0 Å². The lowest BCUT2D eigenvalue weighted by molar-refractivity contribution is -0.145. The molecule has 33 heavy (non-hydrogen) atoms. The third-order valence-corrected chi connectivity index (χ3v) is 5.89. The summed E-state index contributed by atoms with van der Waals surface area (Å²) in [7, 11) is 1.51. The molecule has 1 atom stereocenters. The van der Waals surface area contributed by atoms with Crippen LogP contribution in [0.25, 0.3) is 6.08 Å². The topological polar surface area (TPSA) is 79.6 Å². The van der Waals surface area contributed by atoms with Gasteiger partial charge in [-0.05, 0) is 37.8 Å². The van der Waals surface area contributed by atoms with Gasteiger partial charge < -0.3 is 29.7 Å². The summed E-state index contributed by atoms with van der Waals surface area (Å²) in [5, 5.41) is 11.4. The van der Waals surface area contributed by atoms with Crippen LogP contribution in [0.5, 0.6) is 0 Å². The number of methoxy groups -OCH3 is 1. The lowest BCUT2D eigenvalue weighted by atomic mass is 10.1. The molecule has 1 saturated carbocycles. The van der Waals surface area contributed by atoms with Crippen LogP contribution in [0.3, 0.4) is 0 Å². The van der Waals surface area contributed by atoms with Gasteiger partial charge in [0.1, 0.15) is 11.8 Å². The number of ether oxygens (including phenoxy) is 2. The van der Waals surface area contributed by atoms with Gasteiger partial charge in [0, 0.05) is 57.2 Å². The monoisotopic (exact) mass is 470 g/mol. The third kappa shape index (κ3) is 6.45. The molecule has 1 aliphatic carbocycles. The number of aromatic nitrogens is 1. The maximum atomic E-state index is 13.8. The largest absolute Gasteiger partial charge is 0.431 e. The first-order valence-electron chi connectivity index (χ1n) is 11.4. The van der Waals surface area contributed by atoms with E-state index >= 15 is 0 Å². The maximum Gasteiger partial charge on any atom is 0.431 e. The van der Waals surface area contributed by atoms with E-state index in [0.717, 1.165) is 18.9 Å². The van der Waals surface area contributed by atoms with Crippen molar-refractivity contribution >= 4 is 17.7 Å². The van der Waals surface area contributed by atoms with Crippen LogP contribution < -0.4 is 5.32 Å². The van der Waals surface area contributed by atoms with Gasteiger partial charge in [-0.25, -0.2) is 0 Å². The summed E-state index contributed by atoms with van der Waals surface area (Å²) in [6.07, 6.45) is 0.820. The van der Waals surface area contributed by atoms with E-state index in [0.29, 0.717) is 44.8 Å². The number of carbonyl (C=O) groups is 1. The minimum absolute atomic E-state index is 0.0951. The van der Waals surface area contributed by atoms with Gasteiger partial charge in [-0.2, -0.15) is 13.2 Å². The summed E-state index contributed by atoms with van der Waals surface area (Å²) in [6.45, 7) is 4.12. The van der Waals surface area contributed by atoms with Gasteiger partial charge in [0.2, 0.25) is 0 Å². The van der Waals surface area contributed by atoms with E-state index in [-0.39, 0.29) is 36.3 Å². The normalized spacial score (nSPS) is 19.2. The van der Waals surface area contributed by atoms with Crippen LogP contribution in [0.4, 0.5) is 13.2 Å². The first kappa shape index (κ1) is 25.5. The molecule has 7 nitrogen and oxygen atoms in total. The van der Waals surface area contributed by atoms with Crippen LogP contribution in [0.2, 0.25) is 0 Å². The molecule has 0 radical (unpaired) electrons. The second-order valence-electron chi connectivity index (χ2n) is 8.34. The van der Waals surface area contributed by atoms with Crippen molar-refractivity contribution in [2.45, 2.75) is 57.5 Å². The van der Waals surface area contributed by atoms with Gasteiger partial charge in [-0.3, -0.25) is 4.79 Å². The number of hydrogen-bond acceptors (Lipinski definition) is 5. The second-order valence-corrected chi connectivity index (χ2v) is 8.34. The van der Waals surface area contributed by atoms with Crippen molar-refractivity contribution in [1.82, 2.24) is 14.8 Å². The Morgan fingerprint density at radius 2 is 2.18 bits per heavy atom. The molecule has 0 bridgehead atoms. The van der Waals surface area contributed by atoms with E-state index in [1.807, 2.05) is 0 Å². The van der Waals surface area contributed by atoms with E-state index in [2.05, 4.69) is 5.32 Å². The number of halogens is 3. The average Bonchev–Trinajstić information content (AvgIpc) is 3.57. The zero-order valence-electron chi connectivity index (χ0n) is 19.2. The number of amides is 1. The average molecular weight is 471 g/mol. The Morgan fingerprint density at radius 3 is 2.76 bits per heavy atom. The number of alkyl halides is 3. The van der Waals surface area contributed by atoms with E-state index in [4.69, 9.17) is 14.9 Å². The van der Waals surface area contributed by atoms with Crippen LogP contribution in [0, 0.1) is 5.41 Å². The van der Waals surface area contributed by atoms with Crippen molar-refractivity contribution < 1.29 is 27.4 Å². The smallest absolute Gasteiger partial charge is 0.385 e. The van der Waals surface area contributed by atoms with Gasteiger partial charge in [-0.1, -0.05) is 13.0 Å². The fourth-order valence-corrected chi connectivity index (χ4v) is 4.01. The van der Waals surface area contributed by atoms with Gasteiger partial charge >= 0.3 is 6.18 Å². The van der Waals surface area contributed by atoms with E-state index in [1.54, 1.807) is 24.0 Å².